The number of rotatable bonds is 3. The van der Waals surface area contributed by atoms with Crippen molar-refractivity contribution in [1.82, 2.24) is 0 Å². The summed E-state index contributed by atoms with van der Waals surface area (Å²) in [4.78, 5) is 0. The molecule has 1 N–H and O–H groups in total. The number of ether oxygens (including phenoxy) is 1. The maximum atomic E-state index is 9.71. The summed E-state index contributed by atoms with van der Waals surface area (Å²) in [6, 6.07) is 13.4. The lowest BCUT2D eigenvalue weighted by atomic mass is 10.1. The molecule has 0 aliphatic heterocycles. The average molecular weight is 307 g/mol. The molecule has 0 aliphatic carbocycles. The van der Waals surface area contributed by atoms with Crippen LogP contribution in [-0.4, -0.2) is 5.11 Å². The molecule has 1 atom stereocenters. The van der Waals surface area contributed by atoms with Gasteiger partial charge in [-0.15, -0.1) is 0 Å². The zero-order valence-electron chi connectivity index (χ0n) is 10.4. The molecule has 2 aromatic carbocycles. The molecule has 0 saturated heterocycles. The molecule has 0 saturated carbocycles. The Morgan fingerprint density at radius 1 is 1.11 bits per heavy atom. The molecule has 2 rings (SSSR count). The van der Waals surface area contributed by atoms with Crippen molar-refractivity contribution in [3.63, 3.8) is 0 Å². The molecule has 18 heavy (non-hydrogen) atoms. The second-order valence-corrected chi connectivity index (χ2v) is 5.14. The predicted molar refractivity (Wildman–Crippen MR) is 76.0 cm³/mol. The molecule has 0 unspecified atom stereocenters. The van der Waals surface area contributed by atoms with Gasteiger partial charge in [0.05, 0.1) is 6.10 Å². The molecule has 0 aromatic heterocycles. The standard InChI is InChI=1S/C15H15BrO2/c1-10-9-12(16)7-8-14(10)18-15-6-4-3-5-13(15)11(2)17/h3-9,11,17H,1-2H3/t11-/m0/s1. The molecular formula is C15H15BrO2. The van der Waals surface area contributed by atoms with Gasteiger partial charge in [0, 0.05) is 10.0 Å². The summed E-state index contributed by atoms with van der Waals surface area (Å²) in [5, 5.41) is 9.71. The zero-order valence-corrected chi connectivity index (χ0v) is 11.9. The monoisotopic (exact) mass is 306 g/mol. The lowest BCUT2D eigenvalue weighted by Gasteiger charge is -2.14. The molecule has 0 aliphatic rings. The lowest BCUT2D eigenvalue weighted by Crippen LogP contribution is -1.96. The number of para-hydroxylation sites is 1. The van der Waals surface area contributed by atoms with E-state index in [1.54, 1.807) is 6.92 Å². The molecule has 0 heterocycles. The molecule has 94 valence electrons. The van der Waals surface area contributed by atoms with Crippen LogP contribution in [0.5, 0.6) is 11.5 Å². The van der Waals surface area contributed by atoms with Gasteiger partial charge in [-0.2, -0.15) is 0 Å². The van der Waals surface area contributed by atoms with Crippen molar-refractivity contribution in [3.8, 4) is 11.5 Å². The zero-order chi connectivity index (χ0) is 13.1. The number of hydrogen-bond acceptors (Lipinski definition) is 2. The van der Waals surface area contributed by atoms with Crippen LogP contribution in [0.1, 0.15) is 24.2 Å². The molecule has 2 aromatic rings. The third-order valence-corrected chi connectivity index (χ3v) is 3.22. The Morgan fingerprint density at radius 2 is 1.83 bits per heavy atom. The predicted octanol–water partition coefficient (Wildman–Crippen LogP) is 4.60. The van der Waals surface area contributed by atoms with E-state index in [1.165, 1.54) is 0 Å². The van der Waals surface area contributed by atoms with Gasteiger partial charge in [0.1, 0.15) is 11.5 Å². The van der Waals surface area contributed by atoms with Gasteiger partial charge >= 0.3 is 0 Å². The summed E-state index contributed by atoms with van der Waals surface area (Å²) in [5.41, 5.74) is 1.84. The number of halogens is 1. The lowest BCUT2D eigenvalue weighted by molar-refractivity contribution is 0.195. The summed E-state index contributed by atoms with van der Waals surface area (Å²) < 4.78 is 6.90. The number of aryl methyl sites for hydroxylation is 1. The molecule has 0 radical (unpaired) electrons. The third-order valence-electron chi connectivity index (χ3n) is 2.73. The van der Waals surface area contributed by atoms with Gasteiger partial charge in [0.15, 0.2) is 0 Å². The van der Waals surface area contributed by atoms with E-state index in [0.717, 1.165) is 21.3 Å². The first-order valence-electron chi connectivity index (χ1n) is 5.79. The number of hydrogen-bond donors (Lipinski definition) is 1. The van der Waals surface area contributed by atoms with E-state index in [0.29, 0.717) is 5.75 Å². The fraction of sp³-hybridized carbons (Fsp3) is 0.200. The van der Waals surface area contributed by atoms with Crippen molar-refractivity contribution in [3.05, 3.63) is 58.1 Å². The third kappa shape index (κ3) is 2.92. The van der Waals surface area contributed by atoms with Crippen molar-refractivity contribution in [1.29, 1.82) is 0 Å². The molecular weight excluding hydrogens is 292 g/mol. The van der Waals surface area contributed by atoms with Gasteiger partial charge in [0.25, 0.3) is 0 Å². The van der Waals surface area contributed by atoms with Crippen LogP contribution < -0.4 is 4.74 Å². The Kier molecular flexibility index (Phi) is 4.04. The minimum absolute atomic E-state index is 0.544. The number of aliphatic hydroxyl groups is 1. The summed E-state index contributed by atoms with van der Waals surface area (Å²) in [5.74, 6) is 1.49. The molecule has 3 heteroatoms. The summed E-state index contributed by atoms with van der Waals surface area (Å²) in [6.07, 6.45) is -0.544. The van der Waals surface area contributed by atoms with Crippen molar-refractivity contribution in [2.24, 2.45) is 0 Å². The maximum Gasteiger partial charge on any atom is 0.133 e. The van der Waals surface area contributed by atoms with E-state index in [2.05, 4.69) is 15.9 Å². The first-order valence-corrected chi connectivity index (χ1v) is 6.58. The van der Waals surface area contributed by atoms with Crippen molar-refractivity contribution >= 4 is 15.9 Å². The van der Waals surface area contributed by atoms with Gasteiger partial charge < -0.3 is 9.84 Å². The van der Waals surface area contributed by atoms with E-state index in [4.69, 9.17) is 4.74 Å². The summed E-state index contributed by atoms with van der Waals surface area (Å²) >= 11 is 3.42. The van der Waals surface area contributed by atoms with E-state index < -0.39 is 6.10 Å². The number of aliphatic hydroxyl groups excluding tert-OH is 1. The number of benzene rings is 2. The van der Waals surface area contributed by atoms with Gasteiger partial charge in [-0.3, -0.25) is 0 Å². The second-order valence-electron chi connectivity index (χ2n) is 4.23. The Bertz CT molecular complexity index is 550. The highest BCUT2D eigenvalue weighted by Crippen LogP contribution is 2.32. The van der Waals surface area contributed by atoms with Crippen LogP contribution in [0.15, 0.2) is 46.9 Å². The van der Waals surface area contributed by atoms with Crippen LogP contribution in [0.25, 0.3) is 0 Å². The fourth-order valence-electron chi connectivity index (χ4n) is 1.76. The summed E-state index contributed by atoms with van der Waals surface area (Å²) in [7, 11) is 0. The maximum absolute atomic E-state index is 9.71. The molecule has 0 spiro atoms. The second kappa shape index (κ2) is 5.55. The molecule has 0 bridgehead atoms. The molecule has 2 nitrogen and oxygen atoms in total. The first-order chi connectivity index (χ1) is 8.58. The Hall–Kier alpha value is -1.32. The first kappa shape index (κ1) is 13.1. The Morgan fingerprint density at radius 3 is 2.50 bits per heavy atom. The Labute approximate surface area is 115 Å². The Balaban J connectivity index is 2.34. The molecule has 0 fully saturated rings. The van der Waals surface area contributed by atoms with Gasteiger partial charge in [-0.05, 0) is 43.7 Å². The highest BCUT2D eigenvalue weighted by molar-refractivity contribution is 9.10. The average Bonchev–Trinajstić information content (AvgIpc) is 2.33. The molecule has 0 amide bonds. The van der Waals surface area contributed by atoms with Crippen LogP contribution in [0.4, 0.5) is 0 Å². The van der Waals surface area contributed by atoms with E-state index in [9.17, 15) is 5.11 Å². The highest BCUT2D eigenvalue weighted by atomic mass is 79.9. The topological polar surface area (TPSA) is 29.5 Å². The fourth-order valence-corrected chi connectivity index (χ4v) is 2.24. The van der Waals surface area contributed by atoms with Crippen LogP contribution in [0, 0.1) is 6.92 Å². The summed E-state index contributed by atoms with van der Waals surface area (Å²) in [6.45, 7) is 3.72. The smallest absolute Gasteiger partial charge is 0.133 e. The van der Waals surface area contributed by atoms with Gasteiger partial charge in [0.2, 0.25) is 0 Å². The highest BCUT2D eigenvalue weighted by Gasteiger charge is 2.10. The van der Waals surface area contributed by atoms with Crippen LogP contribution in [0.3, 0.4) is 0 Å². The van der Waals surface area contributed by atoms with Crippen molar-refractivity contribution in [2.75, 3.05) is 0 Å². The normalized spacial score (nSPS) is 12.2. The minimum Gasteiger partial charge on any atom is -0.457 e. The van der Waals surface area contributed by atoms with Crippen LogP contribution in [0.2, 0.25) is 0 Å². The van der Waals surface area contributed by atoms with E-state index >= 15 is 0 Å². The van der Waals surface area contributed by atoms with Crippen LogP contribution in [-0.2, 0) is 0 Å². The van der Waals surface area contributed by atoms with E-state index in [1.807, 2.05) is 49.4 Å². The SMILES string of the molecule is Cc1cc(Br)ccc1Oc1ccccc1[C@H](C)O. The minimum atomic E-state index is -0.544. The van der Waals surface area contributed by atoms with Crippen molar-refractivity contribution < 1.29 is 9.84 Å². The van der Waals surface area contributed by atoms with E-state index in [-0.39, 0.29) is 0 Å². The van der Waals surface area contributed by atoms with Gasteiger partial charge in [-0.25, -0.2) is 0 Å². The largest absolute Gasteiger partial charge is 0.457 e. The van der Waals surface area contributed by atoms with Gasteiger partial charge in [-0.1, -0.05) is 34.1 Å². The van der Waals surface area contributed by atoms with Crippen molar-refractivity contribution in [2.45, 2.75) is 20.0 Å². The van der Waals surface area contributed by atoms with Crippen LogP contribution >= 0.6 is 15.9 Å². The quantitative estimate of drug-likeness (QED) is 0.897.